The third-order valence-electron chi connectivity index (χ3n) is 3.12. The number of piperidine rings is 1. The van der Waals surface area contributed by atoms with E-state index in [1.54, 1.807) is 0 Å². The molecule has 16 heavy (non-hydrogen) atoms. The summed E-state index contributed by atoms with van der Waals surface area (Å²) in [6.45, 7) is 7.66. The zero-order valence-corrected chi connectivity index (χ0v) is 10.2. The molecule has 2 rings (SSSR count). The minimum absolute atomic E-state index is 0.437. The first kappa shape index (κ1) is 11.5. The van der Waals surface area contributed by atoms with Crippen molar-refractivity contribution in [2.24, 2.45) is 5.92 Å². The molecule has 2 N–H and O–H groups in total. The Hall–Kier alpha value is -1.03. The Morgan fingerprint density at radius 1 is 1.62 bits per heavy atom. The maximum Gasteiger partial charge on any atom is 0.0726 e. The molecule has 0 aromatic carbocycles. The summed E-state index contributed by atoms with van der Waals surface area (Å²) >= 11 is 0. The van der Waals surface area contributed by atoms with Gasteiger partial charge >= 0.3 is 0 Å². The second kappa shape index (κ2) is 5.34. The molecule has 0 bridgehead atoms. The summed E-state index contributed by atoms with van der Waals surface area (Å²) < 4.78 is 1.99. The Morgan fingerprint density at radius 2 is 2.50 bits per heavy atom. The van der Waals surface area contributed by atoms with Crippen LogP contribution < -0.4 is 10.6 Å². The number of aromatic nitrogens is 2. The molecule has 0 radical (unpaired) electrons. The lowest BCUT2D eigenvalue weighted by Gasteiger charge is -2.22. The highest BCUT2D eigenvalue weighted by atomic mass is 15.3. The fraction of sp³-hybridized carbons (Fsp3) is 0.750. The van der Waals surface area contributed by atoms with Gasteiger partial charge in [0, 0.05) is 18.8 Å². The van der Waals surface area contributed by atoms with Crippen LogP contribution in [0.1, 0.15) is 32.7 Å². The van der Waals surface area contributed by atoms with Gasteiger partial charge in [0.1, 0.15) is 0 Å². The van der Waals surface area contributed by atoms with E-state index in [4.69, 9.17) is 0 Å². The molecule has 1 saturated heterocycles. The first-order valence-corrected chi connectivity index (χ1v) is 6.24. The van der Waals surface area contributed by atoms with Crippen LogP contribution in [0.15, 0.2) is 12.4 Å². The molecular weight excluding hydrogens is 200 g/mol. The maximum atomic E-state index is 4.32. The molecule has 1 aromatic rings. The molecule has 0 saturated carbocycles. The highest BCUT2D eigenvalue weighted by Gasteiger charge is 2.12. The van der Waals surface area contributed by atoms with Crippen molar-refractivity contribution in [3.63, 3.8) is 0 Å². The van der Waals surface area contributed by atoms with Crippen molar-refractivity contribution in [1.29, 1.82) is 0 Å². The van der Waals surface area contributed by atoms with Crippen LogP contribution in [-0.2, 0) is 0 Å². The van der Waals surface area contributed by atoms with Gasteiger partial charge in [-0.1, -0.05) is 0 Å². The molecule has 2 heterocycles. The van der Waals surface area contributed by atoms with Crippen molar-refractivity contribution < 1.29 is 0 Å². The predicted octanol–water partition coefficient (Wildman–Crippen LogP) is 1.88. The topological polar surface area (TPSA) is 41.9 Å². The first-order chi connectivity index (χ1) is 7.75. The van der Waals surface area contributed by atoms with Crippen molar-refractivity contribution in [1.82, 2.24) is 15.1 Å². The Labute approximate surface area is 97.4 Å². The van der Waals surface area contributed by atoms with Gasteiger partial charge < -0.3 is 10.6 Å². The summed E-state index contributed by atoms with van der Waals surface area (Å²) in [5.74, 6) is 0.760. The normalized spacial score (nSPS) is 21.3. The lowest BCUT2D eigenvalue weighted by atomic mass is 10.00. The van der Waals surface area contributed by atoms with Crippen molar-refractivity contribution in [2.45, 2.75) is 32.7 Å². The smallest absolute Gasteiger partial charge is 0.0726 e. The van der Waals surface area contributed by atoms with Gasteiger partial charge in [-0.2, -0.15) is 5.10 Å². The lowest BCUT2D eigenvalue weighted by Crippen LogP contribution is -2.33. The monoisotopic (exact) mass is 222 g/mol. The van der Waals surface area contributed by atoms with Crippen molar-refractivity contribution in [3.05, 3.63) is 12.4 Å². The van der Waals surface area contributed by atoms with E-state index in [1.807, 2.05) is 10.9 Å². The summed E-state index contributed by atoms with van der Waals surface area (Å²) in [5, 5.41) is 11.2. The minimum Gasteiger partial charge on any atom is -0.382 e. The van der Waals surface area contributed by atoms with Gasteiger partial charge in [0.15, 0.2) is 0 Å². The van der Waals surface area contributed by atoms with Gasteiger partial charge in [0.2, 0.25) is 0 Å². The summed E-state index contributed by atoms with van der Waals surface area (Å²) in [4.78, 5) is 0. The standard InChI is InChI=1S/C12H22N4/c1-10(2)16-9-12(8-15-16)14-7-11-4-3-5-13-6-11/h8-11,13-14H,3-7H2,1-2H3. The van der Waals surface area contributed by atoms with Crippen LogP contribution in [-0.4, -0.2) is 29.4 Å². The third kappa shape index (κ3) is 2.98. The van der Waals surface area contributed by atoms with E-state index in [-0.39, 0.29) is 0 Å². The van der Waals surface area contributed by atoms with Gasteiger partial charge in [0.25, 0.3) is 0 Å². The van der Waals surface area contributed by atoms with Gasteiger partial charge in [-0.3, -0.25) is 4.68 Å². The van der Waals surface area contributed by atoms with Crippen LogP contribution in [0.2, 0.25) is 0 Å². The second-order valence-corrected chi connectivity index (χ2v) is 4.90. The minimum atomic E-state index is 0.437. The molecule has 4 nitrogen and oxygen atoms in total. The molecule has 1 fully saturated rings. The average molecular weight is 222 g/mol. The Morgan fingerprint density at radius 3 is 3.12 bits per heavy atom. The largest absolute Gasteiger partial charge is 0.382 e. The van der Waals surface area contributed by atoms with Crippen LogP contribution in [0.3, 0.4) is 0 Å². The van der Waals surface area contributed by atoms with Crippen molar-refractivity contribution >= 4 is 5.69 Å². The molecule has 1 unspecified atom stereocenters. The lowest BCUT2D eigenvalue weighted by molar-refractivity contribution is 0.393. The molecular formula is C12H22N4. The highest BCUT2D eigenvalue weighted by molar-refractivity contribution is 5.38. The zero-order chi connectivity index (χ0) is 11.4. The van der Waals surface area contributed by atoms with Crippen LogP contribution in [0.4, 0.5) is 5.69 Å². The SMILES string of the molecule is CC(C)n1cc(NCC2CCCNC2)cn1. The van der Waals surface area contributed by atoms with E-state index in [0.717, 1.165) is 24.7 Å². The Balaban J connectivity index is 1.79. The number of rotatable bonds is 4. The number of nitrogens with one attached hydrogen (secondary N) is 2. The number of hydrogen-bond donors (Lipinski definition) is 2. The van der Waals surface area contributed by atoms with E-state index in [0.29, 0.717) is 6.04 Å². The predicted molar refractivity (Wildman–Crippen MR) is 66.7 cm³/mol. The molecule has 0 amide bonds. The van der Waals surface area contributed by atoms with E-state index in [2.05, 4.69) is 35.8 Å². The number of hydrogen-bond acceptors (Lipinski definition) is 3. The molecule has 90 valence electrons. The van der Waals surface area contributed by atoms with E-state index in [1.165, 1.54) is 19.4 Å². The Bertz CT molecular complexity index is 313. The zero-order valence-electron chi connectivity index (χ0n) is 10.2. The maximum absolute atomic E-state index is 4.32. The van der Waals surface area contributed by atoms with E-state index >= 15 is 0 Å². The fourth-order valence-corrected chi connectivity index (χ4v) is 2.07. The van der Waals surface area contributed by atoms with Crippen molar-refractivity contribution in [2.75, 3.05) is 25.0 Å². The second-order valence-electron chi connectivity index (χ2n) is 4.90. The van der Waals surface area contributed by atoms with Gasteiger partial charge in [-0.05, 0) is 45.7 Å². The third-order valence-corrected chi connectivity index (χ3v) is 3.12. The summed E-state index contributed by atoms with van der Waals surface area (Å²) in [5.41, 5.74) is 1.14. The van der Waals surface area contributed by atoms with Crippen LogP contribution >= 0.6 is 0 Å². The van der Waals surface area contributed by atoms with E-state index < -0.39 is 0 Å². The molecule has 1 atom stereocenters. The van der Waals surface area contributed by atoms with Gasteiger partial charge in [-0.15, -0.1) is 0 Å². The molecule has 1 aliphatic heterocycles. The quantitative estimate of drug-likeness (QED) is 0.817. The molecule has 0 aliphatic carbocycles. The fourth-order valence-electron chi connectivity index (χ4n) is 2.07. The van der Waals surface area contributed by atoms with Crippen LogP contribution in [0.5, 0.6) is 0 Å². The van der Waals surface area contributed by atoms with Crippen LogP contribution in [0, 0.1) is 5.92 Å². The molecule has 1 aromatic heterocycles. The van der Waals surface area contributed by atoms with Crippen molar-refractivity contribution in [3.8, 4) is 0 Å². The van der Waals surface area contributed by atoms with Crippen LogP contribution in [0.25, 0.3) is 0 Å². The summed E-state index contributed by atoms with van der Waals surface area (Å²) in [6, 6.07) is 0.437. The summed E-state index contributed by atoms with van der Waals surface area (Å²) in [6.07, 6.45) is 6.63. The molecule has 0 spiro atoms. The summed E-state index contributed by atoms with van der Waals surface area (Å²) in [7, 11) is 0. The number of anilines is 1. The molecule has 1 aliphatic rings. The Kier molecular flexibility index (Phi) is 3.83. The first-order valence-electron chi connectivity index (χ1n) is 6.24. The highest BCUT2D eigenvalue weighted by Crippen LogP contribution is 2.13. The average Bonchev–Trinajstić information content (AvgIpc) is 2.76. The number of nitrogens with zero attached hydrogens (tertiary/aromatic N) is 2. The van der Waals surface area contributed by atoms with Gasteiger partial charge in [0.05, 0.1) is 11.9 Å². The van der Waals surface area contributed by atoms with E-state index in [9.17, 15) is 0 Å². The molecule has 4 heteroatoms. The van der Waals surface area contributed by atoms with Gasteiger partial charge in [-0.25, -0.2) is 0 Å².